The second kappa shape index (κ2) is 5.82. The third kappa shape index (κ3) is 2.67. The van der Waals surface area contributed by atoms with E-state index in [1.807, 2.05) is 0 Å². The average Bonchev–Trinajstić information content (AvgIpc) is 2.79. The van der Waals surface area contributed by atoms with Crippen molar-refractivity contribution < 1.29 is 23.1 Å². The highest BCUT2D eigenvalue weighted by atomic mass is 32.2. The molecule has 8 heteroatoms. The Morgan fingerprint density at radius 2 is 1.88 bits per heavy atom. The summed E-state index contributed by atoms with van der Waals surface area (Å²) >= 11 is 0. The van der Waals surface area contributed by atoms with Crippen LogP contribution in [-0.4, -0.2) is 38.5 Å². The van der Waals surface area contributed by atoms with E-state index in [2.05, 4.69) is 4.72 Å². The highest BCUT2D eigenvalue weighted by Crippen LogP contribution is 2.39. The second-order valence-electron chi connectivity index (χ2n) is 6.36. The van der Waals surface area contributed by atoms with Crippen molar-refractivity contribution >= 4 is 38.4 Å². The number of carboxylic acid groups (broad SMARTS) is 1. The predicted octanol–water partition coefficient (Wildman–Crippen LogP) is 1.82. The average molecular weight is 362 g/mol. The predicted molar refractivity (Wildman–Crippen MR) is 93.3 cm³/mol. The first-order valence-corrected chi connectivity index (χ1v) is 9.22. The molecule has 3 rings (SSSR count). The molecule has 0 saturated carbocycles. The molecular weight excluding hydrogens is 344 g/mol. The number of carbonyl (C=O) groups excluding carboxylic acids is 1. The van der Waals surface area contributed by atoms with Crippen molar-refractivity contribution in [1.29, 1.82) is 0 Å². The summed E-state index contributed by atoms with van der Waals surface area (Å²) in [6.07, 6.45) is 0. The van der Waals surface area contributed by atoms with E-state index in [1.54, 1.807) is 45.2 Å². The number of hydrogen-bond donors (Lipinski definition) is 2. The van der Waals surface area contributed by atoms with E-state index in [0.717, 1.165) is 0 Å². The lowest BCUT2D eigenvalue weighted by Crippen LogP contribution is -2.44. The van der Waals surface area contributed by atoms with Crippen molar-refractivity contribution in [3.63, 3.8) is 0 Å². The van der Waals surface area contributed by atoms with Gasteiger partial charge in [-0.05, 0) is 24.1 Å². The Kier molecular flexibility index (Phi) is 4.04. The molecule has 1 atom stereocenters. The molecule has 0 saturated heterocycles. The molecule has 0 aromatic heterocycles. The number of sulfonamides is 1. The number of carbonyl (C=O) groups is 2. The van der Waals surface area contributed by atoms with Gasteiger partial charge in [-0.25, -0.2) is 8.42 Å². The van der Waals surface area contributed by atoms with Crippen LogP contribution in [0.4, 0.5) is 5.69 Å². The van der Waals surface area contributed by atoms with Crippen LogP contribution in [0, 0.1) is 5.92 Å². The van der Waals surface area contributed by atoms with Crippen LogP contribution in [0.25, 0.3) is 10.8 Å². The van der Waals surface area contributed by atoms with Crippen LogP contribution in [0.15, 0.2) is 35.2 Å². The van der Waals surface area contributed by atoms with Gasteiger partial charge in [0.05, 0.1) is 10.6 Å². The number of nitrogens with zero attached hydrogens (tertiary/aromatic N) is 1. The van der Waals surface area contributed by atoms with E-state index in [1.165, 1.54) is 11.0 Å². The van der Waals surface area contributed by atoms with Crippen LogP contribution in [0.2, 0.25) is 0 Å². The zero-order valence-electron chi connectivity index (χ0n) is 14.0. The molecule has 25 heavy (non-hydrogen) atoms. The Labute approximate surface area is 145 Å². The normalized spacial score (nSPS) is 15.2. The first-order valence-electron chi connectivity index (χ1n) is 7.74. The lowest BCUT2D eigenvalue weighted by atomic mass is 10.1. The maximum absolute atomic E-state index is 12.8. The number of carboxylic acids is 1. The Hall–Kier alpha value is -2.45. The van der Waals surface area contributed by atoms with Gasteiger partial charge in [0.2, 0.25) is 10.0 Å². The number of aliphatic carboxylic acids is 1. The largest absolute Gasteiger partial charge is 0.480 e. The van der Waals surface area contributed by atoms with Gasteiger partial charge in [-0.2, -0.15) is 4.72 Å². The zero-order chi connectivity index (χ0) is 18.5. The summed E-state index contributed by atoms with van der Waals surface area (Å²) in [5, 5.41) is 10.2. The van der Waals surface area contributed by atoms with Crippen LogP contribution >= 0.6 is 0 Å². The molecule has 2 N–H and O–H groups in total. The lowest BCUT2D eigenvalue weighted by Gasteiger charge is -2.19. The maximum Gasteiger partial charge on any atom is 0.322 e. The number of rotatable bonds is 5. The summed E-state index contributed by atoms with van der Waals surface area (Å²) in [7, 11) is -2.45. The Balaban J connectivity index is 2.18. The molecule has 1 heterocycles. The third-order valence-corrected chi connectivity index (χ3v) is 5.88. The Bertz CT molecular complexity index is 998. The maximum atomic E-state index is 12.8. The van der Waals surface area contributed by atoms with Crippen molar-refractivity contribution in [2.24, 2.45) is 5.92 Å². The summed E-state index contributed by atoms with van der Waals surface area (Å²) in [5.41, 5.74) is 1.07. The number of hydrogen-bond acceptors (Lipinski definition) is 4. The molecule has 0 fully saturated rings. The van der Waals surface area contributed by atoms with Crippen LogP contribution in [-0.2, 0) is 14.8 Å². The van der Waals surface area contributed by atoms with Gasteiger partial charge >= 0.3 is 5.97 Å². The molecule has 0 unspecified atom stereocenters. The quantitative estimate of drug-likeness (QED) is 0.844. The van der Waals surface area contributed by atoms with E-state index in [0.29, 0.717) is 22.0 Å². The third-order valence-electron chi connectivity index (χ3n) is 4.38. The van der Waals surface area contributed by atoms with E-state index < -0.39 is 28.0 Å². The lowest BCUT2D eigenvalue weighted by molar-refractivity contribution is -0.140. The summed E-state index contributed by atoms with van der Waals surface area (Å²) in [5.74, 6) is -1.86. The van der Waals surface area contributed by atoms with E-state index in [9.17, 15) is 23.1 Å². The van der Waals surface area contributed by atoms with Crippen molar-refractivity contribution in [3.05, 3.63) is 35.9 Å². The van der Waals surface area contributed by atoms with Gasteiger partial charge in [0.15, 0.2) is 0 Å². The number of benzene rings is 2. The smallest absolute Gasteiger partial charge is 0.322 e. The van der Waals surface area contributed by atoms with E-state index in [4.69, 9.17) is 0 Å². The summed E-state index contributed by atoms with van der Waals surface area (Å²) < 4.78 is 27.9. The standard InChI is InChI=1S/C17H18N2O5S/c1-9(2)15(17(21)22)18-25(23,24)13-8-7-12-14-10(13)5-4-6-11(14)16(20)19(12)3/h4-9,15,18H,1-3H3,(H,21,22)/t15-/m0/s1. The molecule has 1 aliphatic heterocycles. The van der Waals surface area contributed by atoms with Crippen LogP contribution in [0.5, 0.6) is 0 Å². The van der Waals surface area contributed by atoms with Gasteiger partial charge in [-0.15, -0.1) is 0 Å². The minimum atomic E-state index is -4.08. The zero-order valence-corrected chi connectivity index (χ0v) is 14.8. The molecular formula is C17H18N2O5S. The van der Waals surface area contributed by atoms with Gasteiger partial charge in [0.25, 0.3) is 5.91 Å². The topological polar surface area (TPSA) is 104 Å². The van der Waals surface area contributed by atoms with Gasteiger partial charge in [-0.3, -0.25) is 9.59 Å². The second-order valence-corrected chi connectivity index (χ2v) is 8.04. The van der Waals surface area contributed by atoms with Gasteiger partial charge in [-0.1, -0.05) is 26.0 Å². The fraction of sp³-hybridized carbons (Fsp3) is 0.294. The summed E-state index contributed by atoms with van der Waals surface area (Å²) in [4.78, 5) is 25.0. The minimum Gasteiger partial charge on any atom is -0.480 e. The molecule has 1 aliphatic rings. The molecule has 2 aromatic rings. The fourth-order valence-electron chi connectivity index (χ4n) is 3.05. The molecule has 0 aliphatic carbocycles. The van der Waals surface area contributed by atoms with E-state index in [-0.39, 0.29) is 10.8 Å². The van der Waals surface area contributed by atoms with Crippen molar-refractivity contribution in [3.8, 4) is 0 Å². The molecule has 1 amide bonds. The van der Waals surface area contributed by atoms with Crippen molar-refractivity contribution in [2.45, 2.75) is 24.8 Å². The molecule has 0 spiro atoms. The highest BCUT2D eigenvalue weighted by Gasteiger charge is 2.32. The van der Waals surface area contributed by atoms with Crippen molar-refractivity contribution in [2.75, 3.05) is 11.9 Å². The first kappa shape index (κ1) is 17.4. The number of amides is 1. The summed E-state index contributed by atoms with van der Waals surface area (Å²) in [6, 6.07) is 6.62. The Morgan fingerprint density at radius 1 is 1.20 bits per heavy atom. The Morgan fingerprint density at radius 3 is 2.48 bits per heavy atom. The SMILES string of the molecule is CC(C)[C@H](NS(=O)(=O)c1ccc2c3c(cccc13)C(=O)N2C)C(=O)O. The summed E-state index contributed by atoms with van der Waals surface area (Å²) in [6.45, 7) is 3.25. The van der Waals surface area contributed by atoms with Crippen molar-refractivity contribution in [1.82, 2.24) is 4.72 Å². The van der Waals surface area contributed by atoms with Crippen LogP contribution in [0.1, 0.15) is 24.2 Å². The number of nitrogens with one attached hydrogen (secondary N) is 1. The van der Waals surface area contributed by atoms with Gasteiger partial charge in [0, 0.05) is 23.4 Å². The molecule has 2 aromatic carbocycles. The molecule has 0 bridgehead atoms. The highest BCUT2D eigenvalue weighted by molar-refractivity contribution is 7.89. The number of anilines is 1. The monoisotopic (exact) mass is 362 g/mol. The van der Waals surface area contributed by atoms with Gasteiger partial charge in [0.1, 0.15) is 6.04 Å². The molecule has 0 radical (unpaired) electrons. The molecule has 132 valence electrons. The minimum absolute atomic E-state index is 0.0388. The van der Waals surface area contributed by atoms with E-state index >= 15 is 0 Å². The van der Waals surface area contributed by atoms with Crippen LogP contribution in [0.3, 0.4) is 0 Å². The fourth-order valence-corrected chi connectivity index (χ4v) is 4.59. The first-order chi connectivity index (χ1) is 11.6. The van der Waals surface area contributed by atoms with Crippen LogP contribution < -0.4 is 9.62 Å². The van der Waals surface area contributed by atoms with Gasteiger partial charge < -0.3 is 10.0 Å². The molecule has 7 nitrogen and oxygen atoms in total.